The van der Waals surface area contributed by atoms with Gasteiger partial charge in [0.25, 0.3) is 5.91 Å². The molecule has 0 heterocycles. The number of carbonyl (C=O) groups is 1. The summed E-state index contributed by atoms with van der Waals surface area (Å²) in [6.45, 7) is 5.89. The maximum atomic E-state index is 12.1. The lowest BCUT2D eigenvalue weighted by molar-refractivity contribution is 0.0942. The van der Waals surface area contributed by atoms with Crippen LogP contribution in [0, 0.1) is 6.92 Å². The third-order valence-corrected chi connectivity index (χ3v) is 3.37. The molecule has 0 aliphatic rings. The normalized spacial score (nSPS) is 9.87. The molecule has 2 N–H and O–H groups in total. The number of hydrogen-bond acceptors (Lipinski definition) is 4. The van der Waals surface area contributed by atoms with Crippen LogP contribution in [-0.2, 0) is 0 Å². The molecule has 0 aliphatic carbocycles. The van der Waals surface area contributed by atoms with Crippen molar-refractivity contribution in [1.29, 1.82) is 0 Å². The Labute approximate surface area is 135 Å². The van der Waals surface area contributed by atoms with Crippen LogP contribution in [0.3, 0.4) is 0 Å². The van der Waals surface area contributed by atoms with Crippen LogP contribution in [-0.4, -0.2) is 20.1 Å². The summed E-state index contributed by atoms with van der Waals surface area (Å²) in [5.41, 5.74) is 8.35. The van der Waals surface area contributed by atoms with E-state index in [9.17, 15) is 4.79 Å². The molecule has 0 aromatic heterocycles. The average Bonchev–Trinajstić information content (AvgIpc) is 2.59. The quantitative estimate of drug-likeness (QED) is 0.805. The van der Waals surface area contributed by atoms with E-state index in [2.05, 4.69) is 17.4 Å². The van der Waals surface area contributed by atoms with Crippen molar-refractivity contribution in [3.63, 3.8) is 0 Å². The van der Waals surface area contributed by atoms with E-state index >= 15 is 0 Å². The van der Waals surface area contributed by atoms with Crippen molar-refractivity contribution in [2.24, 2.45) is 0 Å². The SMILES string of the molecule is C=C(NNC(=O)c1ccc(C)cc1)c1ccc(OC)cc1OC. The molecule has 2 rings (SSSR count). The predicted octanol–water partition coefficient (Wildman–Crippen LogP) is 2.92. The number of ether oxygens (including phenoxy) is 2. The van der Waals surface area contributed by atoms with E-state index in [4.69, 9.17) is 9.47 Å². The van der Waals surface area contributed by atoms with Crippen molar-refractivity contribution in [3.05, 3.63) is 65.7 Å². The molecule has 5 heteroatoms. The lowest BCUT2D eigenvalue weighted by Crippen LogP contribution is -2.35. The molecule has 5 nitrogen and oxygen atoms in total. The van der Waals surface area contributed by atoms with Crippen molar-refractivity contribution in [1.82, 2.24) is 10.9 Å². The Kier molecular flexibility index (Phi) is 5.25. The molecule has 0 bridgehead atoms. The van der Waals surface area contributed by atoms with Crippen LogP contribution < -0.4 is 20.3 Å². The van der Waals surface area contributed by atoms with E-state index in [-0.39, 0.29) is 5.91 Å². The number of rotatable bonds is 6. The summed E-state index contributed by atoms with van der Waals surface area (Å²) in [7, 11) is 3.15. The molecule has 0 unspecified atom stereocenters. The maximum Gasteiger partial charge on any atom is 0.269 e. The first-order chi connectivity index (χ1) is 11.0. The van der Waals surface area contributed by atoms with Gasteiger partial charge in [0.1, 0.15) is 11.5 Å². The average molecular weight is 312 g/mol. The van der Waals surface area contributed by atoms with Gasteiger partial charge in [-0.3, -0.25) is 15.6 Å². The summed E-state index contributed by atoms with van der Waals surface area (Å²) >= 11 is 0. The first-order valence-corrected chi connectivity index (χ1v) is 7.09. The zero-order valence-electron chi connectivity index (χ0n) is 13.5. The van der Waals surface area contributed by atoms with Gasteiger partial charge in [0.15, 0.2) is 0 Å². The van der Waals surface area contributed by atoms with Crippen molar-refractivity contribution < 1.29 is 14.3 Å². The van der Waals surface area contributed by atoms with E-state index in [1.807, 2.05) is 25.1 Å². The summed E-state index contributed by atoms with van der Waals surface area (Å²) in [5, 5.41) is 0. The fourth-order valence-electron chi connectivity index (χ4n) is 2.02. The lowest BCUT2D eigenvalue weighted by Gasteiger charge is -2.15. The zero-order chi connectivity index (χ0) is 16.8. The monoisotopic (exact) mass is 312 g/mol. The van der Waals surface area contributed by atoms with E-state index in [1.54, 1.807) is 38.5 Å². The van der Waals surface area contributed by atoms with Gasteiger partial charge in [0.2, 0.25) is 0 Å². The van der Waals surface area contributed by atoms with Gasteiger partial charge in [-0.05, 0) is 31.2 Å². The van der Waals surface area contributed by atoms with Gasteiger partial charge in [-0.2, -0.15) is 0 Å². The van der Waals surface area contributed by atoms with Crippen LogP contribution >= 0.6 is 0 Å². The number of hydrazine groups is 1. The van der Waals surface area contributed by atoms with Crippen LogP contribution in [0.1, 0.15) is 21.5 Å². The lowest BCUT2D eigenvalue weighted by atomic mass is 10.1. The molecular weight excluding hydrogens is 292 g/mol. The Morgan fingerprint density at radius 3 is 2.30 bits per heavy atom. The van der Waals surface area contributed by atoms with E-state index in [0.29, 0.717) is 22.8 Å². The third kappa shape index (κ3) is 4.03. The first-order valence-electron chi connectivity index (χ1n) is 7.09. The molecule has 1 amide bonds. The molecule has 2 aromatic carbocycles. The fourth-order valence-corrected chi connectivity index (χ4v) is 2.02. The van der Waals surface area contributed by atoms with E-state index < -0.39 is 0 Å². The van der Waals surface area contributed by atoms with Crippen LogP contribution in [0.5, 0.6) is 11.5 Å². The second-order valence-corrected chi connectivity index (χ2v) is 4.99. The summed E-state index contributed by atoms with van der Waals surface area (Å²) in [6.07, 6.45) is 0. The number of carbonyl (C=O) groups excluding carboxylic acids is 1. The molecule has 120 valence electrons. The number of hydrogen-bond donors (Lipinski definition) is 2. The fraction of sp³-hybridized carbons (Fsp3) is 0.167. The van der Waals surface area contributed by atoms with Crippen molar-refractivity contribution in [2.45, 2.75) is 6.92 Å². The largest absolute Gasteiger partial charge is 0.497 e. The van der Waals surface area contributed by atoms with Gasteiger partial charge < -0.3 is 9.47 Å². The minimum Gasteiger partial charge on any atom is -0.497 e. The number of aryl methyl sites for hydroxylation is 1. The summed E-state index contributed by atoms with van der Waals surface area (Å²) in [5.74, 6) is 1.05. The van der Waals surface area contributed by atoms with Crippen LogP contribution in [0.15, 0.2) is 49.0 Å². The first kappa shape index (κ1) is 16.4. The highest BCUT2D eigenvalue weighted by Gasteiger charge is 2.10. The van der Waals surface area contributed by atoms with E-state index in [0.717, 1.165) is 11.1 Å². The molecule has 2 aromatic rings. The zero-order valence-corrected chi connectivity index (χ0v) is 13.5. The molecule has 0 spiro atoms. The number of amides is 1. The van der Waals surface area contributed by atoms with Gasteiger partial charge in [0, 0.05) is 17.2 Å². The molecular formula is C18H20N2O3. The molecule has 0 atom stereocenters. The summed E-state index contributed by atoms with van der Waals surface area (Å²) in [4.78, 5) is 12.1. The van der Waals surface area contributed by atoms with Crippen LogP contribution in [0.2, 0.25) is 0 Å². The van der Waals surface area contributed by atoms with Gasteiger partial charge in [-0.1, -0.05) is 24.3 Å². The topological polar surface area (TPSA) is 59.6 Å². The summed E-state index contributed by atoms with van der Waals surface area (Å²) < 4.78 is 10.5. The minimum absolute atomic E-state index is 0.237. The third-order valence-electron chi connectivity index (χ3n) is 3.37. The molecule has 23 heavy (non-hydrogen) atoms. The smallest absolute Gasteiger partial charge is 0.269 e. The van der Waals surface area contributed by atoms with Crippen molar-refractivity contribution in [2.75, 3.05) is 14.2 Å². The highest BCUT2D eigenvalue weighted by molar-refractivity contribution is 5.94. The van der Waals surface area contributed by atoms with Crippen molar-refractivity contribution >= 4 is 11.6 Å². The number of nitrogens with one attached hydrogen (secondary N) is 2. The standard InChI is InChI=1S/C18H20N2O3/c1-12-5-7-14(8-6-12)18(21)20-19-13(2)16-10-9-15(22-3)11-17(16)23-4/h5-11,19H,2H2,1,3-4H3,(H,20,21). The number of benzene rings is 2. The molecule has 0 radical (unpaired) electrons. The molecule has 0 saturated carbocycles. The highest BCUT2D eigenvalue weighted by atomic mass is 16.5. The highest BCUT2D eigenvalue weighted by Crippen LogP contribution is 2.27. The Bertz CT molecular complexity index is 709. The molecule has 0 aliphatic heterocycles. The Balaban J connectivity index is 2.04. The molecule has 0 fully saturated rings. The van der Waals surface area contributed by atoms with E-state index in [1.165, 1.54) is 0 Å². The Morgan fingerprint density at radius 2 is 1.70 bits per heavy atom. The molecule has 0 saturated heterocycles. The second kappa shape index (κ2) is 7.35. The van der Waals surface area contributed by atoms with Gasteiger partial charge in [-0.15, -0.1) is 0 Å². The van der Waals surface area contributed by atoms with Gasteiger partial charge in [0.05, 0.1) is 19.9 Å². The predicted molar refractivity (Wildman–Crippen MR) is 90.4 cm³/mol. The van der Waals surface area contributed by atoms with Crippen LogP contribution in [0.25, 0.3) is 5.70 Å². The van der Waals surface area contributed by atoms with Crippen molar-refractivity contribution in [3.8, 4) is 11.5 Å². The Morgan fingerprint density at radius 1 is 1.00 bits per heavy atom. The van der Waals surface area contributed by atoms with Gasteiger partial charge in [-0.25, -0.2) is 0 Å². The maximum absolute atomic E-state index is 12.1. The van der Waals surface area contributed by atoms with Gasteiger partial charge >= 0.3 is 0 Å². The minimum atomic E-state index is -0.237. The van der Waals surface area contributed by atoms with Crippen LogP contribution in [0.4, 0.5) is 0 Å². The second-order valence-electron chi connectivity index (χ2n) is 4.99. The Hall–Kier alpha value is -2.95. The number of methoxy groups -OCH3 is 2. The summed E-state index contributed by atoms with van der Waals surface area (Å²) in [6, 6.07) is 12.7.